The summed E-state index contributed by atoms with van der Waals surface area (Å²) in [5.41, 5.74) is 1.84. The highest BCUT2D eigenvalue weighted by Crippen LogP contribution is 2.28. The Kier molecular flexibility index (Phi) is 3.51. The molecule has 0 unspecified atom stereocenters. The van der Waals surface area contributed by atoms with Crippen molar-refractivity contribution in [3.05, 3.63) is 30.0 Å². The molecule has 1 aromatic heterocycles. The molecule has 5 heteroatoms. The molecule has 3 rings (SSSR count). The van der Waals surface area contributed by atoms with Crippen LogP contribution in [0.25, 0.3) is 10.9 Å². The summed E-state index contributed by atoms with van der Waals surface area (Å²) in [5.74, 6) is 0.847. The molecule has 2 aromatic rings. The molecule has 0 bridgehead atoms. The Morgan fingerprint density at radius 3 is 2.64 bits per heavy atom. The number of hydrogen-bond acceptors (Lipinski definition) is 3. The fourth-order valence-electron chi connectivity index (χ4n) is 2.81. The Morgan fingerprint density at radius 2 is 1.95 bits per heavy atom. The van der Waals surface area contributed by atoms with Crippen LogP contribution in [0.5, 0.6) is 5.75 Å². The van der Waals surface area contributed by atoms with E-state index >= 15 is 0 Å². The SMILES string of the molecule is COc1ccc2c(c1)cc1n2CCN(C(=O)OC(C)(C)C)C1. The van der Waals surface area contributed by atoms with Crippen LogP contribution >= 0.6 is 0 Å². The number of benzene rings is 1. The largest absolute Gasteiger partial charge is 0.497 e. The molecule has 0 N–H and O–H groups in total. The van der Waals surface area contributed by atoms with E-state index in [1.54, 1.807) is 12.0 Å². The number of rotatable bonds is 1. The van der Waals surface area contributed by atoms with Gasteiger partial charge in [0.15, 0.2) is 0 Å². The predicted molar refractivity (Wildman–Crippen MR) is 85.1 cm³/mol. The van der Waals surface area contributed by atoms with Crippen LogP contribution in [0.1, 0.15) is 26.5 Å². The van der Waals surface area contributed by atoms with E-state index in [0.717, 1.165) is 23.4 Å². The van der Waals surface area contributed by atoms with Gasteiger partial charge < -0.3 is 18.9 Å². The second-order valence-corrected chi connectivity index (χ2v) is 6.61. The van der Waals surface area contributed by atoms with Crippen LogP contribution < -0.4 is 4.74 Å². The standard InChI is InChI=1S/C17H22N2O3/c1-17(2,3)22-16(20)18-7-8-19-13(11-18)9-12-10-14(21-4)5-6-15(12)19/h5-6,9-10H,7-8,11H2,1-4H3. The van der Waals surface area contributed by atoms with Gasteiger partial charge >= 0.3 is 6.09 Å². The number of carbonyl (C=O) groups is 1. The van der Waals surface area contributed by atoms with Crippen molar-refractivity contribution < 1.29 is 14.3 Å². The summed E-state index contributed by atoms with van der Waals surface area (Å²) in [5, 5.41) is 1.14. The molecule has 118 valence electrons. The van der Waals surface area contributed by atoms with Gasteiger partial charge in [0.05, 0.1) is 13.7 Å². The molecule has 22 heavy (non-hydrogen) atoms. The molecule has 1 aromatic carbocycles. The van der Waals surface area contributed by atoms with Crippen LogP contribution in [0.3, 0.4) is 0 Å². The predicted octanol–water partition coefficient (Wildman–Crippen LogP) is 3.40. The highest BCUT2D eigenvalue weighted by molar-refractivity contribution is 5.83. The zero-order chi connectivity index (χ0) is 15.9. The van der Waals surface area contributed by atoms with Crippen LogP contribution in [-0.2, 0) is 17.8 Å². The van der Waals surface area contributed by atoms with Crippen molar-refractivity contribution in [2.75, 3.05) is 13.7 Å². The molecule has 0 spiro atoms. The van der Waals surface area contributed by atoms with Crippen molar-refractivity contribution in [3.8, 4) is 5.75 Å². The minimum atomic E-state index is -0.464. The third kappa shape index (κ3) is 2.75. The first-order valence-corrected chi connectivity index (χ1v) is 7.51. The molecule has 1 aliphatic heterocycles. The lowest BCUT2D eigenvalue weighted by Gasteiger charge is -2.31. The second-order valence-electron chi connectivity index (χ2n) is 6.61. The monoisotopic (exact) mass is 302 g/mol. The van der Waals surface area contributed by atoms with Crippen molar-refractivity contribution >= 4 is 17.0 Å². The lowest BCUT2D eigenvalue weighted by atomic mass is 10.2. The van der Waals surface area contributed by atoms with E-state index in [1.807, 2.05) is 32.9 Å². The number of amides is 1. The normalized spacial score (nSPS) is 14.8. The van der Waals surface area contributed by atoms with Crippen LogP contribution in [0, 0.1) is 0 Å². The van der Waals surface area contributed by atoms with E-state index in [4.69, 9.17) is 9.47 Å². The smallest absolute Gasteiger partial charge is 0.410 e. The Hall–Kier alpha value is -2.17. The van der Waals surface area contributed by atoms with Crippen LogP contribution in [0.15, 0.2) is 24.3 Å². The number of carbonyl (C=O) groups excluding carboxylic acids is 1. The Labute approximate surface area is 130 Å². The van der Waals surface area contributed by atoms with E-state index in [9.17, 15) is 4.79 Å². The van der Waals surface area contributed by atoms with Gasteiger partial charge in [-0.2, -0.15) is 0 Å². The van der Waals surface area contributed by atoms with Gasteiger partial charge in [-0.05, 0) is 45.0 Å². The fraction of sp³-hybridized carbons (Fsp3) is 0.471. The number of fused-ring (bicyclic) bond motifs is 3. The highest BCUT2D eigenvalue weighted by Gasteiger charge is 2.26. The van der Waals surface area contributed by atoms with Gasteiger partial charge in [0, 0.05) is 29.7 Å². The molecular formula is C17H22N2O3. The van der Waals surface area contributed by atoms with E-state index in [2.05, 4.69) is 16.7 Å². The van der Waals surface area contributed by atoms with Gasteiger partial charge in [0.1, 0.15) is 11.4 Å². The molecule has 1 amide bonds. The number of ether oxygens (including phenoxy) is 2. The van der Waals surface area contributed by atoms with Gasteiger partial charge in [-0.3, -0.25) is 0 Å². The summed E-state index contributed by atoms with van der Waals surface area (Å²) in [4.78, 5) is 14.0. The summed E-state index contributed by atoms with van der Waals surface area (Å²) in [6, 6.07) is 8.18. The zero-order valence-corrected chi connectivity index (χ0v) is 13.5. The molecule has 0 fully saturated rings. The number of hydrogen-bond donors (Lipinski definition) is 0. The van der Waals surface area contributed by atoms with Crippen molar-refractivity contribution in [3.63, 3.8) is 0 Å². The third-order valence-corrected chi connectivity index (χ3v) is 3.79. The number of nitrogens with zero attached hydrogens (tertiary/aromatic N) is 2. The molecule has 0 radical (unpaired) electrons. The average molecular weight is 302 g/mol. The average Bonchev–Trinajstić information content (AvgIpc) is 2.81. The topological polar surface area (TPSA) is 43.7 Å². The summed E-state index contributed by atoms with van der Waals surface area (Å²) in [7, 11) is 1.67. The summed E-state index contributed by atoms with van der Waals surface area (Å²) >= 11 is 0. The van der Waals surface area contributed by atoms with Gasteiger partial charge in [0.25, 0.3) is 0 Å². The summed E-state index contributed by atoms with van der Waals surface area (Å²) in [6.07, 6.45) is -0.249. The maximum Gasteiger partial charge on any atom is 0.410 e. The van der Waals surface area contributed by atoms with Gasteiger partial charge in [-0.1, -0.05) is 0 Å². The van der Waals surface area contributed by atoms with Crippen molar-refractivity contribution in [2.45, 2.75) is 39.5 Å². The van der Waals surface area contributed by atoms with Crippen molar-refractivity contribution in [1.29, 1.82) is 0 Å². The quantitative estimate of drug-likeness (QED) is 0.811. The van der Waals surface area contributed by atoms with E-state index in [-0.39, 0.29) is 6.09 Å². The first kappa shape index (κ1) is 14.8. The first-order chi connectivity index (χ1) is 10.4. The zero-order valence-electron chi connectivity index (χ0n) is 13.5. The molecule has 0 saturated heterocycles. The molecule has 5 nitrogen and oxygen atoms in total. The molecule has 0 atom stereocenters. The second kappa shape index (κ2) is 5.23. The number of aromatic nitrogens is 1. The van der Waals surface area contributed by atoms with Gasteiger partial charge in [-0.15, -0.1) is 0 Å². The van der Waals surface area contributed by atoms with E-state index in [0.29, 0.717) is 13.1 Å². The van der Waals surface area contributed by atoms with Crippen LogP contribution in [-0.4, -0.2) is 34.8 Å². The van der Waals surface area contributed by atoms with Crippen LogP contribution in [0.4, 0.5) is 4.79 Å². The van der Waals surface area contributed by atoms with Gasteiger partial charge in [0.2, 0.25) is 0 Å². The minimum absolute atomic E-state index is 0.249. The molecule has 0 aliphatic carbocycles. The maximum atomic E-state index is 12.2. The summed E-state index contributed by atoms with van der Waals surface area (Å²) in [6.45, 7) is 7.68. The first-order valence-electron chi connectivity index (χ1n) is 7.51. The lowest BCUT2D eigenvalue weighted by Crippen LogP contribution is -2.41. The van der Waals surface area contributed by atoms with Crippen LogP contribution in [0.2, 0.25) is 0 Å². The fourth-order valence-corrected chi connectivity index (χ4v) is 2.81. The van der Waals surface area contributed by atoms with Gasteiger partial charge in [-0.25, -0.2) is 4.79 Å². The van der Waals surface area contributed by atoms with E-state index < -0.39 is 5.60 Å². The molecule has 2 heterocycles. The third-order valence-electron chi connectivity index (χ3n) is 3.79. The number of methoxy groups -OCH3 is 1. The molecule has 1 aliphatic rings. The van der Waals surface area contributed by atoms with E-state index in [1.165, 1.54) is 5.52 Å². The molecule has 0 saturated carbocycles. The Balaban J connectivity index is 1.85. The Bertz CT molecular complexity index is 712. The van der Waals surface area contributed by atoms with Crippen molar-refractivity contribution in [1.82, 2.24) is 9.47 Å². The Morgan fingerprint density at radius 1 is 1.18 bits per heavy atom. The lowest BCUT2D eigenvalue weighted by molar-refractivity contribution is 0.0200. The minimum Gasteiger partial charge on any atom is -0.497 e. The highest BCUT2D eigenvalue weighted by atomic mass is 16.6. The maximum absolute atomic E-state index is 12.2. The van der Waals surface area contributed by atoms with Crippen molar-refractivity contribution in [2.24, 2.45) is 0 Å². The molecular weight excluding hydrogens is 280 g/mol. The summed E-state index contributed by atoms with van der Waals surface area (Å²) < 4.78 is 13.0.